The van der Waals surface area contributed by atoms with Gasteiger partial charge in [-0.2, -0.15) is 0 Å². The predicted molar refractivity (Wildman–Crippen MR) is 75.9 cm³/mol. The molecular formula is C15H16N2O2. The molecule has 4 nitrogen and oxygen atoms in total. The van der Waals surface area contributed by atoms with Gasteiger partial charge in [0.25, 0.3) is 0 Å². The SMILES string of the molecule is Nc1cccc(CCC(=O)Nc2cccc(O)c2)c1. The quantitative estimate of drug-likeness (QED) is 0.736. The zero-order chi connectivity index (χ0) is 13.7. The van der Waals surface area contributed by atoms with Gasteiger partial charge in [-0.3, -0.25) is 4.79 Å². The second kappa shape index (κ2) is 5.91. The van der Waals surface area contributed by atoms with Crippen LogP contribution in [0.3, 0.4) is 0 Å². The minimum absolute atomic E-state index is 0.0898. The van der Waals surface area contributed by atoms with Gasteiger partial charge in [-0.15, -0.1) is 0 Å². The van der Waals surface area contributed by atoms with Crippen molar-refractivity contribution in [3.63, 3.8) is 0 Å². The number of anilines is 2. The number of phenolic OH excluding ortho intramolecular Hbond substituents is 1. The molecule has 1 amide bonds. The maximum absolute atomic E-state index is 11.8. The van der Waals surface area contributed by atoms with Gasteiger partial charge in [-0.25, -0.2) is 0 Å². The van der Waals surface area contributed by atoms with Crippen molar-refractivity contribution in [1.29, 1.82) is 0 Å². The van der Waals surface area contributed by atoms with E-state index in [4.69, 9.17) is 5.73 Å². The molecule has 4 heteroatoms. The normalized spacial score (nSPS) is 10.1. The van der Waals surface area contributed by atoms with Crippen molar-refractivity contribution in [1.82, 2.24) is 0 Å². The molecule has 0 radical (unpaired) electrons. The van der Waals surface area contributed by atoms with Gasteiger partial charge < -0.3 is 16.2 Å². The number of hydrogen-bond donors (Lipinski definition) is 3. The molecule has 0 bridgehead atoms. The Bertz CT molecular complexity index is 582. The number of hydrogen-bond acceptors (Lipinski definition) is 3. The molecule has 0 aliphatic rings. The van der Waals surface area contributed by atoms with E-state index < -0.39 is 0 Å². The molecule has 0 saturated heterocycles. The zero-order valence-electron chi connectivity index (χ0n) is 10.5. The lowest BCUT2D eigenvalue weighted by molar-refractivity contribution is -0.116. The lowest BCUT2D eigenvalue weighted by Gasteiger charge is -2.06. The van der Waals surface area contributed by atoms with Crippen molar-refractivity contribution in [3.05, 3.63) is 54.1 Å². The van der Waals surface area contributed by atoms with Gasteiger partial charge in [0.15, 0.2) is 0 Å². The molecule has 2 rings (SSSR count). The number of rotatable bonds is 4. The van der Waals surface area contributed by atoms with Crippen LogP contribution in [-0.4, -0.2) is 11.0 Å². The fraction of sp³-hybridized carbons (Fsp3) is 0.133. The van der Waals surface area contributed by atoms with E-state index in [1.54, 1.807) is 18.2 Å². The zero-order valence-corrected chi connectivity index (χ0v) is 10.5. The summed E-state index contributed by atoms with van der Waals surface area (Å²) >= 11 is 0. The number of aryl methyl sites for hydroxylation is 1. The average Bonchev–Trinajstić information content (AvgIpc) is 2.36. The number of amides is 1. The molecule has 2 aromatic rings. The number of carbonyl (C=O) groups excluding carboxylic acids is 1. The third-order valence-corrected chi connectivity index (χ3v) is 2.72. The largest absolute Gasteiger partial charge is 0.508 e. The van der Waals surface area contributed by atoms with Gasteiger partial charge >= 0.3 is 0 Å². The molecule has 0 aliphatic heterocycles. The van der Waals surface area contributed by atoms with Crippen LogP contribution in [0.2, 0.25) is 0 Å². The minimum Gasteiger partial charge on any atom is -0.508 e. The lowest BCUT2D eigenvalue weighted by atomic mass is 10.1. The van der Waals surface area contributed by atoms with Gasteiger partial charge in [-0.05, 0) is 36.2 Å². The van der Waals surface area contributed by atoms with Crippen LogP contribution in [0.1, 0.15) is 12.0 Å². The Morgan fingerprint density at radius 2 is 1.95 bits per heavy atom. The van der Waals surface area contributed by atoms with E-state index in [1.165, 1.54) is 6.07 Å². The topological polar surface area (TPSA) is 75.4 Å². The highest BCUT2D eigenvalue weighted by molar-refractivity contribution is 5.91. The smallest absolute Gasteiger partial charge is 0.224 e. The first-order valence-corrected chi connectivity index (χ1v) is 6.07. The van der Waals surface area contributed by atoms with E-state index in [2.05, 4.69) is 5.32 Å². The van der Waals surface area contributed by atoms with Crippen LogP contribution in [0, 0.1) is 0 Å². The number of benzene rings is 2. The number of nitrogens with two attached hydrogens (primary N) is 1. The maximum Gasteiger partial charge on any atom is 0.224 e. The third-order valence-electron chi connectivity index (χ3n) is 2.72. The van der Waals surface area contributed by atoms with Crippen molar-refractivity contribution < 1.29 is 9.90 Å². The predicted octanol–water partition coefficient (Wildman–Crippen LogP) is 2.55. The second-order valence-corrected chi connectivity index (χ2v) is 4.34. The van der Waals surface area contributed by atoms with Crippen LogP contribution in [-0.2, 0) is 11.2 Å². The first kappa shape index (κ1) is 13.0. The number of aromatic hydroxyl groups is 1. The summed E-state index contributed by atoms with van der Waals surface area (Å²) in [7, 11) is 0. The van der Waals surface area contributed by atoms with E-state index in [9.17, 15) is 9.90 Å². The fourth-order valence-corrected chi connectivity index (χ4v) is 1.81. The van der Waals surface area contributed by atoms with Crippen molar-refractivity contribution in [2.45, 2.75) is 12.8 Å². The molecule has 0 spiro atoms. The van der Waals surface area contributed by atoms with Crippen LogP contribution < -0.4 is 11.1 Å². The standard InChI is InChI=1S/C15H16N2O2/c16-12-4-1-3-11(9-12)7-8-15(19)17-13-5-2-6-14(18)10-13/h1-6,9-10,18H,7-8,16H2,(H,17,19). The Morgan fingerprint density at radius 1 is 1.16 bits per heavy atom. The first-order chi connectivity index (χ1) is 9.13. The Morgan fingerprint density at radius 3 is 2.68 bits per heavy atom. The molecule has 0 atom stereocenters. The summed E-state index contributed by atoms with van der Waals surface area (Å²) in [5.41, 5.74) is 8.01. The van der Waals surface area contributed by atoms with Gasteiger partial charge in [-0.1, -0.05) is 18.2 Å². The molecular weight excluding hydrogens is 240 g/mol. The highest BCUT2D eigenvalue weighted by Gasteiger charge is 2.04. The maximum atomic E-state index is 11.8. The van der Waals surface area contributed by atoms with Crippen LogP contribution >= 0.6 is 0 Å². The van der Waals surface area contributed by atoms with Gasteiger partial charge in [0, 0.05) is 23.9 Å². The van der Waals surface area contributed by atoms with Crippen LogP contribution in [0.25, 0.3) is 0 Å². The monoisotopic (exact) mass is 256 g/mol. The number of nitrogens with one attached hydrogen (secondary N) is 1. The molecule has 98 valence electrons. The molecule has 0 heterocycles. The fourth-order valence-electron chi connectivity index (χ4n) is 1.81. The summed E-state index contributed by atoms with van der Waals surface area (Å²) in [6.45, 7) is 0. The molecule has 0 aliphatic carbocycles. The molecule has 19 heavy (non-hydrogen) atoms. The Balaban J connectivity index is 1.88. The van der Waals surface area contributed by atoms with Crippen LogP contribution in [0.4, 0.5) is 11.4 Å². The average molecular weight is 256 g/mol. The Hall–Kier alpha value is -2.49. The van der Waals surface area contributed by atoms with E-state index in [1.807, 2.05) is 24.3 Å². The van der Waals surface area contributed by atoms with Crippen molar-refractivity contribution in [2.75, 3.05) is 11.1 Å². The number of carbonyl (C=O) groups is 1. The van der Waals surface area contributed by atoms with Gasteiger partial charge in [0.05, 0.1) is 0 Å². The summed E-state index contributed by atoms with van der Waals surface area (Å²) in [6, 6.07) is 14.0. The first-order valence-electron chi connectivity index (χ1n) is 6.07. The van der Waals surface area contributed by atoms with E-state index in [0.29, 0.717) is 24.2 Å². The molecule has 0 unspecified atom stereocenters. The number of phenols is 1. The molecule has 2 aromatic carbocycles. The number of nitrogen functional groups attached to an aromatic ring is 1. The van der Waals surface area contributed by atoms with E-state index in [-0.39, 0.29) is 11.7 Å². The minimum atomic E-state index is -0.0898. The summed E-state index contributed by atoms with van der Waals surface area (Å²) in [5.74, 6) is 0.0432. The van der Waals surface area contributed by atoms with Gasteiger partial charge in [0.1, 0.15) is 5.75 Å². The Kier molecular flexibility index (Phi) is 4.03. The molecule has 0 aromatic heterocycles. The summed E-state index contributed by atoms with van der Waals surface area (Å²) in [4.78, 5) is 11.8. The molecule has 0 fully saturated rings. The highest BCUT2D eigenvalue weighted by atomic mass is 16.3. The summed E-state index contributed by atoms with van der Waals surface area (Å²) < 4.78 is 0. The summed E-state index contributed by atoms with van der Waals surface area (Å²) in [6.07, 6.45) is 1.01. The third kappa shape index (κ3) is 4.03. The molecule has 0 saturated carbocycles. The van der Waals surface area contributed by atoms with Crippen molar-refractivity contribution in [3.8, 4) is 5.75 Å². The molecule has 4 N–H and O–H groups in total. The van der Waals surface area contributed by atoms with Crippen LogP contribution in [0.15, 0.2) is 48.5 Å². The highest BCUT2D eigenvalue weighted by Crippen LogP contribution is 2.16. The Labute approximate surface area is 111 Å². The van der Waals surface area contributed by atoms with Gasteiger partial charge in [0.2, 0.25) is 5.91 Å². The van der Waals surface area contributed by atoms with Crippen LogP contribution in [0.5, 0.6) is 5.75 Å². The lowest BCUT2D eigenvalue weighted by Crippen LogP contribution is -2.12. The summed E-state index contributed by atoms with van der Waals surface area (Å²) in [5, 5.41) is 12.0. The second-order valence-electron chi connectivity index (χ2n) is 4.34. The van der Waals surface area contributed by atoms with Crippen molar-refractivity contribution in [2.24, 2.45) is 0 Å². The van der Waals surface area contributed by atoms with Crippen molar-refractivity contribution >= 4 is 17.3 Å². The van der Waals surface area contributed by atoms with E-state index in [0.717, 1.165) is 5.56 Å². The van der Waals surface area contributed by atoms with E-state index >= 15 is 0 Å².